The van der Waals surface area contributed by atoms with E-state index >= 15 is 0 Å². The summed E-state index contributed by atoms with van der Waals surface area (Å²) in [5, 5.41) is 0. The van der Waals surface area contributed by atoms with Gasteiger partial charge in [-0.2, -0.15) is 0 Å². The second-order valence-corrected chi connectivity index (χ2v) is 5.45. The number of hydrogen-bond acceptors (Lipinski definition) is 0. The van der Waals surface area contributed by atoms with Crippen LogP contribution in [0.4, 0.5) is 17.6 Å². The third-order valence-corrected chi connectivity index (χ3v) is 3.85. The second-order valence-electron chi connectivity index (χ2n) is 5.45. The molecule has 0 heterocycles. The molecule has 0 nitrogen and oxygen atoms in total. The summed E-state index contributed by atoms with van der Waals surface area (Å²) in [7, 11) is 0. The largest absolute Gasteiger partial charge is 0.204 e. The molecule has 0 unspecified atom stereocenters. The number of rotatable bonds is 4. The molecule has 0 aromatic heterocycles. The first-order chi connectivity index (χ1) is 11.6. The van der Waals surface area contributed by atoms with Gasteiger partial charge in [-0.1, -0.05) is 42.5 Å². The van der Waals surface area contributed by atoms with Crippen LogP contribution in [-0.4, -0.2) is 0 Å². The maximum absolute atomic E-state index is 13.9. The molecule has 121 valence electrons. The summed E-state index contributed by atoms with van der Waals surface area (Å²) in [5.41, 5.74) is 1.70. The zero-order valence-corrected chi connectivity index (χ0v) is 12.6. The van der Waals surface area contributed by atoms with Gasteiger partial charge in [0.05, 0.1) is 0 Å². The minimum absolute atomic E-state index is 0.122. The highest BCUT2D eigenvalue weighted by molar-refractivity contribution is 5.36. The van der Waals surface area contributed by atoms with Crippen LogP contribution in [0, 0.1) is 29.3 Å². The van der Waals surface area contributed by atoms with E-state index in [4.69, 9.17) is 0 Å². The Morgan fingerprint density at radius 1 is 0.625 bits per heavy atom. The van der Waals surface area contributed by atoms with Gasteiger partial charge in [0.1, 0.15) is 0 Å². The summed E-state index contributed by atoms with van der Waals surface area (Å²) in [6, 6.07) is 16.1. The molecule has 0 aliphatic rings. The Kier molecular flexibility index (Phi) is 4.65. The maximum atomic E-state index is 13.9. The molecule has 0 amide bonds. The van der Waals surface area contributed by atoms with Crippen molar-refractivity contribution < 1.29 is 17.6 Å². The lowest BCUT2D eigenvalue weighted by atomic mass is 9.95. The molecule has 1 radical (unpaired) electrons. The first-order valence-corrected chi connectivity index (χ1v) is 7.40. The highest BCUT2D eigenvalue weighted by Crippen LogP contribution is 2.22. The Morgan fingerprint density at radius 3 is 1.79 bits per heavy atom. The van der Waals surface area contributed by atoms with Gasteiger partial charge in [0.25, 0.3) is 0 Å². The SMILES string of the molecule is Fc1cccc(Cc2[c]cccc2Cc2cccc(F)c2F)c1F. The van der Waals surface area contributed by atoms with Crippen molar-refractivity contribution in [3.8, 4) is 0 Å². The third kappa shape index (κ3) is 3.32. The van der Waals surface area contributed by atoms with Gasteiger partial charge in [0.2, 0.25) is 0 Å². The Balaban J connectivity index is 1.94. The van der Waals surface area contributed by atoms with E-state index in [0.717, 1.165) is 12.1 Å². The molecule has 0 aliphatic heterocycles. The van der Waals surface area contributed by atoms with Crippen LogP contribution < -0.4 is 0 Å². The van der Waals surface area contributed by atoms with Crippen LogP contribution >= 0.6 is 0 Å². The summed E-state index contributed by atoms with van der Waals surface area (Å²) in [4.78, 5) is 0. The minimum Gasteiger partial charge on any atom is -0.204 e. The van der Waals surface area contributed by atoms with Gasteiger partial charge in [-0.05, 0) is 40.5 Å². The second kappa shape index (κ2) is 6.87. The van der Waals surface area contributed by atoms with Gasteiger partial charge in [-0.25, -0.2) is 17.6 Å². The first kappa shape index (κ1) is 16.2. The van der Waals surface area contributed by atoms with Crippen molar-refractivity contribution in [1.29, 1.82) is 0 Å². The zero-order chi connectivity index (χ0) is 17.1. The van der Waals surface area contributed by atoms with Crippen LogP contribution in [0.25, 0.3) is 0 Å². The Bertz CT molecular complexity index is 799. The van der Waals surface area contributed by atoms with E-state index in [0.29, 0.717) is 11.1 Å². The molecule has 0 saturated heterocycles. The number of halogens is 4. The summed E-state index contributed by atoms with van der Waals surface area (Å²) in [6.07, 6.45) is 0.268. The van der Waals surface area contributed by atoms with Gasteiger partial charge < -0.3 is 0 Å². The average Bonchev–Trinajstić information content (AvgIpc) is 2.58. The van der Waals surface area contributed by atoms with Gasteiger partial charge in [-0.3, -0.25) is 0 Å². The molecule has 0 N–H and O–H groups in total. The molecule has 0 atom stereocenters. The molecule has 24 heavy (non-hydrogen) atoms. The Labute approximate surface area is 137 Å². The average molecular weight is 329 g/mol. The van der Waals surface area contributed by atoms with E-state index in [1.165, 1.54) is 24.3 Å². The van der Waals surface area contributed by atoms with Gasteiger partial charge in [0, 0.05) is 12.8 Å². The van der Waals surface area contributed by atoms with E-state index in [9.17, 15) is 17.6 Å². The molecule has 3 aromatic carbocycles. The molecule has 3 aromatic rings. The molecule has 0 spiro atoms. The van der Waals surface area contributed by atoms with E-state index in [1.54, 1.807) is 18.2 Å². The number of benzene rings is 3. The smallest absolute Gasteiger partial charge is 0.162 e. The van der Waals surface area contributed by atoms with Gasteiger partial charge in [0.15, 0.2) is 23.3 Å². The van der Waals surface area contributed by atoms with Crippen molar-refractivity contribution in [3.05, 3.63) is 106 Å². The van der Waals surface area contributed by atoms with Crippen molar-refractivity contribution in [2.24, 2.45) is 0 Å². The fourth-order valence-corrected chi connectivity index (χ4v) is 2.60. The van der Waals surface area contributed by atoms with Crippen molar-refractivity contribution in [2.75, 3.05) is 0 Å². The lowest BCUT2D eigenvalue weighted by Crippen LogP contribution is -2.02. The summed E-state index contributed by atoms with van der Waals surface area (Å²) < 4.78 is 54.4. The first-order valence-electron chi connectivity index (χ1n) is 7.40. The fraction of sp³-hybridized carbons (Fsp3) is 0.100. The zero-order valence-electron chi connectivity index (χ0n) is 12.6. The fourth-order valence-electron chi connectivity index (χ4n) is 2.60. The molecule has 0 aliphatic carbocycles. The molecule has 0 fully saturated rings. The highest BCUT2D eigenvalue weighted by Gasteiger charge is 2.13. The standard InChI is InChI=1S/C20H13F4/c21-17-9-3-7-15(19(17)23)11-13-5-1-2-6-14(13)12-16-8-4-10-18(22)20(16)24/h1-5,7-10H,11-12H2. The van der Waals surface area contributed by atoms with E-state index in [1.807, 2.05) is 0 Å². The lowest BCUT2D eigenvalue weighted by molar-refractivity contribution is 0.499. The van der Waals surface area contributed by atoms with Crippen LogP contribution in [0.15, 0.2) is 54.6 Å². The molecule has 3 rings (SSSR count). The van der Waals surface area contributed by atoms with Crippen LogP contribution in [-0.2, 0) is 12.8 Å². The number of hydrogen-bond donors (Lipinski definition) is 0. The van der Waals surface area contributed by atoms with Gasteiger partial charge >= 0.3 is 0 Å². The minimum atomic E-state index is -0.916. The summed E-state index contributed by atoms with van der Waals surface area (Å²) >= 11 is 0. The monoisotopic (exact) mass is 329 g/mol. The normalized spacial score (nSPS) is 10.8. The van der Waals surface area contributed by atoms with Crippen LogP contribution in [0.2, 0.25) is 0 Å². The molecule has 0 bridgehead atoms. The third-order valence-electron chi connectivity index (χ3n) is 3.85. The molecular formula is C20H13F4. The Hall–Kier alpha value is -2.62. The summed E-state index contributed by atoms with van der Waals surface area (Å²) in [6.45, 7) is 0. The Morgan fingerprint density at radius 2 is 1.17 bits per heavy atom. The predicted molar refractivity (Wildman–Crippen MR) is 83.6 cm³/mol. The van der Waals surface area contributed by atoms with E-state index in [-0.39, 0.29) is 24.0 Å². The molecule has 0 saturated carbocycles. The van der Waals surface area contributed by atoms with E-state index in [2.05, 4.69) is 6.07 Å². The van der Waals surface area contributed by atoms with Crippen molar-refractivity contribution in [1.82, 2.24) is 0 Å². The topological polar surface area (TPSA) is 0 Å². The van der Waals surface area contributed by atoms with Crippen molar-refractivity contribution in [2.45, 2.75) is 12.8 Å². The predicted octanol–water partition coefficient (Wildman–Crippen LogP) is 5.22. The van der Waals surface area contributed by atoms with Crippen LogP contribution in [0.3, 0.4) is 0 Å². The molecule has 4 heteroatoms. The van der Waals surface area contributed by atoms with Crippen LogP contribution in [0.1, 0.15) is 22.3 Å². The quantitative estimate of drug-likeness (QED) is 0.575. The summed E-state index contributed by atoms with van der Waals surface area (Å²) in [5.74, 6) is -3.63. The van der Waals surface area contributed by atoms with Crippen LogP contribution in [0.5, 0.6) is 0 Å². The lowest BCUT2D eigenvalue weighted by Gasteiger charge is -2.11. The molecular weight excluding hydrogens is 316 g/mol. The van der Waals surface area contributed by atoms with Crippen molar-refractivity contribution in [3.63, 3.8) is 0 Å². The maximum Gasteiger partial charge on any atom is 0.162 e. The van der Waals surface area contributed by atoms with E-state index < -0.39 is 23.3 Å². The highest BCUT2D eigenvalue weighted by atomic mass is 19.2. The van der Waals surface area contributed by atoms with Crippen molar-refractivity contribution >= 4 is 0 Å². The van der Waals surface area contributed by atoms with Gasteiger partial charge in [-0.15, -0.1) is 0 Å².